The van der Waals surface area contributed by atoms with E-state index in [1.165, 1.54) is 28.7 Å². The van der Waals surface area contributed by atoms with E-state index in [-0.39, 0.29) is 12.1 Å². The lowest BCUT2D eigenvalue weighted by Crippen LogP contribution is -2.40. The van der Waals surface area contributed by atoms with Gasteiger partial charge in [0.15, 0.2) is 0 Å². The van der Waals surface area contributed by atoms with Crippen molar-refractivity contribution >= 4 is 0 Å². The van der Waals surface area contributed by atoms with E-state index in [0.29, 0.717) is 11.8 Å². The van der Waals surface area contributed by atoms with Gasteiger partial charge in [0.1, 0.15) is 0 Å². The van der Waals surface area contributed by atoms with E-state index in [4.69, 9.17) is 10.5 Å². The van der Waals surface area contributed by atoms with Crippen molar-refractivity contribution in [2.24, 2.45) is 11.7 Å². The molecule has 3 N–H and O–H groups in total. The van der Waals surface area contributed by atoms with E-state index in [1.807, 2.05) is 0 Å². The highest BCUT2D eigenvalue weighted by Gasteiger charge is 2.36. The van der Waals surface area contributed by atoms with Crippen LogP contribution in [0, 0.1) is 5.92 Å². The molecular formula is C22H33NO2. The van der Waals surface area contributed by atoms with Crippen LogP contribution < -0.4 is 5.73 Å². The maximum absolute atomic E-state index is 9.49. The fraction of sp³-hybridized carbons (Fsp3) is 0.636. The average Bonchev–Trinajstić information content (AvgIpc) is 3.01. The molecule has 1 saturated carbocycles. The normalized spacial score (nSPS) is 28.6. The van der Waals surface area contributed by atoms with Gasteiger partial charge in [-0.25, -0.2) is 0 Å². The third-order valence-corrected chi connectivity index (χ3v) is 5.95. The highest BCUT2D eigenvalue weighted by molar-refractivity contribution is 5.36. The minimum absolute atomic E-state index is 0.100. The first-order valence-corrected chi connectivity index (χ1v) is 9.71. The van der Waals surface area contributed by atoms with Crippen molar-refractivity contribution in [3.63, 3.8) is 0 Å². The lowest BCUT2D eigenvalue weighted by Gasteiger charge is -2.26. The third kappa shape index (κ3) is 4.72. The van der Waals surface area contributed by atoms with Crippen LogP contribution in [0.2, 0.25) is 0 Å². The molecule has 138 valence electrons. The third-order valence-electron chi connectivity index (χ3n) is 5.95. The van der Waals surface area contributed by atoms with Gasteiger partial charge < -0.3 is 15.6 Å². The van der Waals surface area contributed by atoms with E-state index in [1.54, 1.807) is 0 Å². The Kier molecular flexibility index (Phi) is 5.98. The fourth-order valence-electron chi connectivity index (χ4n) is 4.29. The first-order chi connectivity index (χ1) is 12.0. The Labute approximate surface area is 152 Å². The molecule has 25 heavy (non-hydrogen) atoms. The van der Waals surface area contributed by atoms with Crippen LogP contribution in [-0.4, -0.2) is 30.5 Å². The number of aliphatic hydroxyl groups excluding tert-OH is 1. The maximum Gasteiger partial charge on any atom is 0.0649 e. The maximum atomic E-state index is 9.49. The van der Waals surface area contributed by atoms with Gasteiger partial charge in [-0.1, -0.05) is 29.8 Å². The molecule has 1 unspecified atom stereocenters. The second-order valence-corrected chi connectivity index (χ2v) is 8.42. The summed E-state index contributed by atoms with van der Waals surface area (Å²) in [7, 11) is 0. The van der Waals surface area contributed by atoms with Gasteiger partial charge >= 0.3 is 0 Å². The van der Waals surface area contributed by atoms with Gasteiger partial charge in [-0.3, -0.25) is 0 Å². The monoisotopic (exact) mass is 343 g/mol. The van der Waals surface area contributed by atoms with Crippen molar-refractivity contribution in [2.45, 2.75) is 63.8 Å². The minimum atomic E-state index is -0.367. The molecule has 3 nitrogen and oxygen atoms in total. The Bertz CT molecular complexity index is 620. The number of nitrogens with two attached hydrogens (primary N) is 1. The topological polar surface area (TPSA) is 55.5 Å². The van der Waals surface area contributed by atoms with Crippen LogP contribution in [0.15, 0.2) is 29.8 Å². The summed E-state index contributed by atoms with van der Waals surface area (Å²) in [6.07, 6.45) is 8.57. The van der Waals surface area contributed by atoms with E-state index in [9.17, 15) is 5.11 Å². The second-order valence-electron chi connectivity index (χ2n) is 8.42. The first-order valence-electron chi connectivity index (χ1n) is 9.71. The van der Waals surface area contributed by atoms with Gasteiger partial charge in [0.05, 0.1) is 19.8 Å². The smallest absolute Gasteiger partial charge is 0.0649 e. The lowest BCUT2D eigenvalue weighted by atomic mass is 9.82. The molecule has 2 aliphatic carbocycles. The Morgan fingerprint density at radius 2 is 2.16 bits per heavy atom. The molecule has 0 aromatic heterocycles. The van der Waals surface area contributed by atoms with Gasteiger partial charge in [0.25, 0.3) is 0 Å². The lowest BCUT2D eigenvalue weighted by molar-refractivity contribution is 0.116. The predicted octanol–water partition coefficient (Wildman–Crippen LogP) is 3.73. The zero-order valence-electron chi connectivity index (χ0n) is 15.8. The van der Waals surface area contributed by atoms with Gasteiger partial charge in [-0.15, -0.1) is 0 Å². The molecule has 3 atom stereocenters. The second kappa shape index (κ2) is 8.03. The molecule has 1 aromatic rings. The Morgan fingerprint density at radius 3 is 2.88 bits per heavy atom. The molecule has 1 fully saturated rings. The van der Waals surface area contributed by atoms with Crippen LogP contribution in [0.5, 0.6) is 0 Å². The molecule has 0 bridgehead atoms. The summed E-state index contributed by atoms with van der Waals surface area (Å²) in [5.74, 6) is 1.15. The summed E-state index contributed by atoms with van der Waals surface area (Å²) >= 11 is 0. The SMILES string of the molecule is CC(C)=CCOCC1CCc2cc([C@H]3CC[C@](N)(CO)C3)ccc2C1. The minimum Gasteiger partial charge on any atom is -0.394 e. The number of fused-ring (bicyclic) bond motifs is 1. The number of aryl methyl sites for hydroxylation is 1. The quantitative estimate of drug-likeness (QED) is 0.611. The number of allylic oxidation sites excluding steroid dienone is 1. The molecule has 3 rings (SSSR count). The summed E-state index contributed by atoms with van der Waals surface area (Å²) in [6.45, 7) is 5.91. The summed E-state index contributed by atoms with van der Waals surface area (Å²) in [6, 6.07) is 7.02. The predicted molar refractivity (Wildman–Crippen MR) is 103 cm³/mol. The average molecular weight is 344 g/mol. The van der Waals surface area contributed by atoms with E-state index < -0.39 is 0 Å². The standard InChI is InChI=1S/C22H33NO2/c1-16(2)8-10-25-14-17-3-4-19-12-20(6-5-18(19)11-17)21-7-9-22(23,13-21)15-24/h5-6,8,12,17,21,24H,3-4,7,9-11,13-15,23H2,1-2H3/t17?,21-,22+/m0/s1. The zero-order chi connectivity index (χ0) is 17.9. The molecular weight excluding hydrogens is 310 g/mol. The van der Waals surface area contributed by atoms with Crippen LogP contribution in [0.3, 0.4) is 0 Å². The molecule has 0 spiro atoms. The van der Waals surface area contributed by atoms with Gasteiger partial charge in [-0.05, 0) is 80.9 Å². The van der Waals surface area contributed by atoms with Gasteiger partial charge in [0, 0.05) is 5.54 Å². The molecule has 3 heteroatoms. The highest BCUT2D eigenvalue weighted by atomic mass is 16.5. The van der Waals surface area contributed by atoms with Crippen LogP contribution in [-0.2, 0) is 17.6 Å². The van der Waals surface area contributed by atoms with Crippen molar-refractivity contribution in [2.75, 3.05) is 19.8 Å². The van der Waals surface area contributed by atoms with Crippen LogP contribution >= 0.6 is 0 Å². The molecule has 0 aliphatic heterocycles. The zero-order valence-corrected chi connectivity index (χ0v) is 15.8. The number of benzene rings is 1. The summed E-state index contributed by atoms with van der Waals surface area (Å²) < 4.78 is 5.83. The Morgan fingerprint density at radius 1 is 1.32 bits per heavy atom. The molecule has 0 saturated heterocycles. The van der Waals surface area contributed by atoms with Gasteiger partial charge in [-0.2, -0.15) is 0 Å². The number of ether oxygens (including phenoxy) is 1. The van der Waals surface area contributed by atoms with Crippen molar-refractivity contribution in [1.82, 2.24) is 0 Å². The number of hydrogen-bond acceptors (Lipinski definition) is 3. The van der Waals surface area contributed by atoms with Crippen LogP contribution in [0.25, 0.3) is 0 Å². The van der Waals surface area contributed by atoms with Gasteiger partial charge in [0.2, 0.25) is 0 Å². The molecule has 2 aliphatic rings. The van der Waals surface area contributed by atoms with Crippen molar-refractivity contribution in [3.8, 4) is 0 Å². The first kappa shape index (κ1) is 18.6. The fourth-order valence-corrected chi connectivity index (χ4v) is 4.29. The van der Waals surface area contributed by atoms with Crippen LogP contribution in [0.1, 0.15) is 62.1 Å². The summed E-state index contributed by atoms with van der Waals surface area (Å²) in [5.41, 5.74) is 11.6. The molecule has 1 aromatic carbocycles. The Balaban J connectivity index is 1.57. The van der Waals surface area contributed by atoms with E-state index in [2.05, 4.69) is 38.1 Å². The van der Waals surface area contributed by atoms with Crippen LogP contribution in [0.4, 0.5) is 0 Å². The number of hydrogen-bond donors (Lipinski definition) is 2. The summed E-state index contributed by atoms with van der Waals surface area (Å²) in [5, 5.41) is 9.49. The van der Waals surface area contributed by atoms with E-state index >= 15 is 0 Å². The Hall–Kier alpha value is -1.16. The largest absolute Gasteiger partial charge is 0.394 e. The van der Waals surface area contributed by atoms with Crippen molar-refractivity contribution in [3.05, 3.63) is 46.5 Å². The number of aliphatic hydroxyl groups is 1. The van der Waals surface area contributed by atoms with Crippen molar-refractivity contribution < 1.29 is 9.84 Å². The highest BCUT2D eigenvalue weighted by Crippen LogP contribution is 2.40. The van der Waals surface area contributed by atoms with Crippen molar-refractivity contribution in [1.29, 1.82) is 0 Å². The molecule has 0 amide bonds. The van der Waals surface area contributed by atoms with E-state index in [0.717, 1.165) is 45.3 Å². The number of rotatable bonds is 6. The molecule has 0 heterocycles. The summed E-state index contributed by atoms with van der Waals surface area (Å²) in [4.78, 5) is 0. The molecule has 0 radical (unpaired) electrons.